The minimum absolute atomic E-state index is 0.0360. The van der Waals surface area contributed by atoms with Crippen molar-refractivity contribution in [1.29, 1.82) is 5.26 Å². The molecule has 17 heavy (non-hydrogen) atoms. The van der Waals surface area contributed by atoms with Gasteiger partial charge in [0.1, 0.15) is 0 Å². The summed E-state index contributed by atoms with van der Waals surface area (Å²) in [5.41, 5.74) is 3.05. The topological polar surface area (TPSA) is 39.1 Å². The standard InChI is InChI=1S/C14H25N3/c1-7-8-16-17-12(2,3)9-14(6,11-15)10-13(17,4)5/h7-8,16H,9-10H2,1-6H3. The Balaban J connectivity index is 3.04. The summed E-state index contributed by atoms with van der Waals surface area (Å²) in [5.74, 6) is 0. The number of nitriles is 1. The number of nitrogens with zero attached hydrogens (tertiary/aromatic N) is 2. The van der Waals surface area contributed by atoms with Gasteiger partial charge < -0.3 is 5.43 Å². The van der Waals surface area contributed by atoms with Gasteiger partial charge in [0.2, 0.25) is 0 Å². The minimum Gasteiger partial charge on any atom is -0.325 e. The van der Waals surface area contributed by atoms with E-state index in [9.17, 15) is 5.26 Å². The van der Waals surface area contributed by atoms with Crippen LogP contribution in [0.5, 0.6) is 0 Å². The quantitative estimate of drug-likeness (QED) is 0.799. The molecule has 0 saturated carbocycles. The van der Waals surface area contributed by atoms with Gasteiger partial charge in [-0.15, -0.1) is 0 Å². The normalized spacial score (nSPS) is 26.6. The molecular weight excluding hydrogens is 210 g/mol. The van der Waals surface area contributed by atoms with Gasteiger partial charge in [0, 0.05) is 17.3 Å². The number of hydrogen-bond acceptors (Lipinski definition) is 3. The number of piperidine rings is 1. The molecule has 1 fully saturated rings. The maximum absolute atomic E-state index is 9.37. The molecule has 96 valence electrons. The molecule has 0 bridgehead atoms. The molecule has 0 aromatic heterocycles. The van der Waals surface area contributed by atoms with Crippen molar-refractivity contribution in [3.8, 4) is 6.07 Å². The zero-order valence-corrected chi connectivity index (χ0v) is 12.0. The van der Waals surface area contributed by atoms with Crippen LogP contribution in [0.3, 0.4) is 0 Å². The lowest BCUT2D eigenvalue weighted by Crippen LogP contribution is -2.66. The van der Waals surface area contributed by atoms with Crippen molar-refractivity contribution in [2.24, 2.45) is 5.41 Å². The fraction of sp³-hybridized carbons (Fsp3) is 0.786. The molecule has 0 amide bonds. The third-order valence-electron chi connectivity index (χ3n) is 3.50. The molecule has 1 saturated heterocycles. The van der Waals surface area contributed by atoms with Gasteiger partial charge in [-0.05, 0) is 54.4 Å². The predicted molar refractivity (Wildman–Crippen MR) is 70.9 cm³/mol. The molecule has 1 aliphatic rings. The van der Waals surface area contributed by atoms with E-state index < -0.39 is 0 Å². The van der Waals surface area contributed by atoms with Crippen molar-refractivity contribution < 1.29 is 0 Å². The molecule has 1 rings (SSSR count). The van der Waals surface area contributed by atoms with Gasteiger partial charge in [0.05, 0.1) is 11.5 Å². The Labute approximate surface area is 105 Å². The molecule has 0 atom stereocenters. The summed E-state index contributed by atoms with van der Waals surface area (Å²) in [5, 5.41) is 11.7. The summed E-state index contributed by atoms with van der Waals surface area (Å²) in [4.78, 5) is 0. The van der Waals surface area contributed by atoms with Crippen LogP contribution in [0.4, 0.5) is 0 Å². The number of hydrogen-bond donors (Lipinski definition) is 1. The van der Waals surface area contributed by atoms with Crippen molar-refractivity contribution in [2.45, 2.75) is 65.5 Å². The van der Waals surface area contributed by atoms with Gasteiger partial charge in [0.15, 0.2) is 0 Å². The lowest BCUT2D eigenvalue weighted by molar-refractivity contribution is -0.0919. The highest BCUT2D eigenvalue weighted by Crippen LogP contribution is 2.46. The molecule has 1 heterocycles. The van der Waals surface area contributed by atoms with E-state index in [1.165, 1.54) is 0 Å². The average molecular weight is 235 g/mol. The monoisotopic (exact) mass is 235 g/mol. The Bertz CT molecular complexity index is 329. The van der Waals surface area contributed by atoms with Gasteiger partial charge in [-0.25, -0.2) is 5.01 Å². The minimum atomic E-state index is -0.235. The molecule has 0 radical (unpaired) electrons. The van der Waals surface area contributed by atoms with Crippen LogP contribution < -0.4 is 5.43 Å². The molecule has 0 aromatic rings. The van der Waals surface area contributed by atoms with Crippen molar-refractivity contribution in [3.05, 3.63) is 12.3 Å². The smallest absolute Gasteiger partial charge is 0.0688 e. The Kier molecular flexibility index (Phi) is 3.59. The van der Waals surface area contributed by atoms with Crippen molar-refractivity contribution in [2.75, 3.05) is 0 Å². The van der Waals surface area contributed by atoms with E-state index in [1.807, 2.05) is 19.2 Å². The van der Waals surface area contributed by atoms with Crippen LogP contribution in [0.1, 0.15) is 54.4 Å². The second-order valence-corrected chi connectivity index (χ2v) is 6.62. The van der Waals surface area contributed by atoms with E-state index in [0.717, 1.165) is 12.8 Å². The van der Waals surface area contributed by atoms with Gasteiger partial charge >= 0.3 is 0 Å². The SMILES string of the molecule is CC=CNN1C(C)(C)CC(C)(C#N)CC1(C)C. The van der Waals surface area contributed by atoms with Crippen LogP contribution in [-0.4, -0.2) is 16.1 Å². The number of hydrazine groups is 1. The highest BCUT2D eigenvalue weighted by molar-refractivity contribution is 5.11. The zero-order chi connectivity index (χ0) is 13.3. The second kappa shape index (κ2) is 4.34. The summed E-state index contributed by atoms with van der Waals surface area (Å²) < 4.78 is 0. The molecular formula is C14H25N3. The van der Waals surface area contributed by atoms with E-state index >= 15 is 0 Å². The first-order chi connectivity index (χ1) is 7.67. The predicted octanol–water partition coefficient (Wildman–Crippen LogP) is 3.21. The number of nitrogens with one attached hydrogen (secondary N) is 1. The van der Waals surface area contributed by atoms with Crippen LogP contribution in [0.2, 0.25) is 0 Å². The fourth-order valence-corrected chi connectivity index (χ4v) is 3.53. The molecule has 0 aliphatic carbocycles. The van der Waals surface area contributed by atoms with Gasteiger partial charge in [-0.2, -0.15) is 5.26 Å². The first kappa shape index (κ1) is 14.1. The fourth-order valence-electron chi connectivity index (χ4n) is 3.53. The van der Waals surface area contributed by atoms with Crippen LogP contribution in [0, 0.1) is 16.7 Å². The highest BCUT2D eigenvalue weighted by atomic mass is 15.6. The molecule has 0 aromatic carbocycles. The van der Waals surface area contributed by atoms with E-state index in [-0.39, 0.29) is 16.5 Å². The highest BCUT2D eigenvalue weighted by Gasteiger charge is 2.50. The molecule has 1 aliphatic heterocycles. The number of rotatable bonds is 2. The van der Waals surface area contributed by atoms with E-state index in [0.29, 0.717) is 0 Å². The van der Waals surface area contributed by atoms with Crippen molar-refractivity contribution in [3.63, 3.8) is 0 Å². The maximum Gasteiger partial charge on any atom is 0.0688 e. The van der Waals surface area contributed by atoms with Crippen LogP contribution in [0.15, 0.2) is 12.3 Å². The molecule has 3 nitrogen and oxygen atoms in total. The summed E-state index contributed by atoms with van der Waals surface area (Å²) in [7, 11) is 0. The summed E-state index contributed by atoms with van der Waals surface area (Å²) in [6, 6.07) is 2.50. The summed E-state index contributed by atoms with van der Waals surface area (Å²) in [6.07, 6.45) is 5.71. The van der Waals surface area contributed by atoms with Gasteiger partial charge in [0.25, 0.3) is 0 Å². The average Bonchev–Trinajstić information content (AvgIpc) is 2.14. The maximum atomic E-state index is 9.37. The first-order valence-corrected chi connectivity index (χ1v) is 6.26. The van der Waals surface area contributed by atoms with E-state index in [4.69, 9.17) is 0 Å². The van der Waals surface area contributed by atoms with Crippen molar-refractivity contribution >= 4 is 0 Å². The summed E-state index contributed by atoms with van der Waals surface area (Å²) in [6.45, 7) is 12.8. The molecule has 0 spiro atoms. The first-order valence-electron chi connectivity index (χ1n) is 6.26. The molecule has 0 unspecified atom stereocenters. The second-order valence-electron chi connectivity index (χ2n) is 6.62. The van der Waals surface area contributed by atoms with Crippen LogP contribution in [-0.2, 0) is 0 Å². The largest absolute Gasteiger partial charge is 0.325 e. The van der Waals surface area contributed by atoms with Gasteiger partial charge in [-0.1, -0.05) is 6.08 Å². The lowest BCUT2D eigenvalue weighted by Gasteiger charge is -2.56. The van der Waals surface area contributed by atoms with E-state index in [1.54, 1.807) is 0 Å². The third kappa shape index (κ3) is 2.81. The molecule has 3 heteroatoms. The Morgan fingerprint density at radius 2 is 1.59 bits per heavy atom. The lowest BCUT2D eigenvalue weighted by atomic mass is 9.67. The van der Waals surface area contributed by atoms with E-state index in [2.05, 4.69) is 51.1 Å². The summed E-state index contributed by atoms with van der Waals surface area (Å²) >= 11 is 0. The Hall–Kier alpha value is -1.01. The number of allylic oxidation sites excluding steroid dienone is 1. The van der Waals surface area contributed by atoms with Crippen LogP contribution in [0.25, 0.3) is 0 Å². The van der Waals surface area contributed by atoms with Crippen LogP contribution >= 0.6 is 0 Å². The third-order valence-corrected chi connectivity index (χ3v) is 3.50. The van der Waals surface area contributed by atoms with Crippen molar-refractivity contribution in [1.82, 2.24) is 10.4 Å². The zero-order valence-electron chi connectivity index (χ0n) is 12.0. The molecule has 1 N–H and O–H groups in total. The Morgan fingerprint density at radius 3 is 1.94 bits per heavy atom. The Morgan fingerprint density at radius 1 is 1.12 bits per heavy atom. The van der Waals surface area contributed by atoms with Gasteiger partial charge in [-0.3, -0.25) is 0 Å².